The maximum absolute atomic E-state index is 5.17. The molecule has 0 spiro atoms. The van der Waals surface area contributed by atoms with E-state index in [1.807, 2.05) is 41.9 Å². The zero-order valence-electron chi connectivity index (χ0n) is 25.2. The van der Waals surface area contributed by atoms with Gasteiger partial charge in [0, 0.05) is 54.5 Å². The summed E-state index contributed by atoms with van der Waals surface area (Å²) in [5.74, 6) is 1.56. The van der Waals surface area contributed by atoms with Crippen molar-refractivity contribution in [3.05, 3.63) is 146 Å². The van der Waals surface area contributed by atoms with Gasteiger partial charge in [-0.1, -0.05) is 115 Å². The monoisotopic (exact) mass is 621 g/mol. The smallest absolute Gasteiger partial charge is 0.204 e. The Morgan fingerprint density at radius 3 is 2.09 bits per heavy atom. The number of allylic oxidation sites excluding steroid dienone is 2. The van der Waals surface area contributed by atoms with Crippen molar-refractivity contribution in [2.45, 2.75) is 12.1 Å². The first-order valence-electron chi connectivity index (χ1n) is 15.8. The van der Waals surface area contributed by atoms with Crippen molar-refractivity contribution >= 4 is 59.3 Å². The minimum absolute atomic E-state index is 0.0732. The van der Waals surface area contributed by atoms with Crippen LogP contribution in [-0.4, -0.2) is 32.6 Å². The predicted octanol–water partition coefficient (Wildman–Crippen LogP) is 9.62. The molecule has 47 heavy (non-hydrogen) atoms. The van der Waals surface area contributed by atoms with Crippen molar-refractivity contribution in [1.29, 1.82) is 0 Å². The number of hydrogen-bond acceptors (Lipinski definition) is 5. The van der Waals surface area contributed by atoms with E-state index in [2.05, 4.69) is 125 Å². The first kappa shape index (κ1) is 26.4. The van der Waals surface area contributed by atoms with Gasteiger partial charge in [-0.05, 0) is 34.9 Å². The summed E-state index contributed by atoms with van der Waals surface area (Å²) < 4.78 is 4.88. The number of nitrogens with zero attached hydrogens (tertiary/aromatic N) is 4. The van der Waals surface area contributed by atoms with Crippen molar-refractivity contribution in [2.75, 3.05) is 0 Å². The molecule has 4 heterocycles. The normalized spacial score (nSPS) is 17.1. The van der Waals surface area contributed by atoms with Gasteiger partial charge in [0.2, 0.25) is 5.96 Å². The number of fused-ring (bicyclic) bond motifs is 8. The third kappa shape index (κ3) is 4.19. The van der Waals surface area contributed by atoms with Crippen molar-refractivity contribution in [1.82, 2.24) is 19.9 Å². The van der Waals surface area contributed by atoms with E-state index in [1.165, 1.54) is 42.1 Å². The summed E-state index contributed by atoms with van der Waals surface area (Å²) in [6.45, 7) is 0. The Balaban J connectivity index is 1.18. The molecule has 10 rings (SSSR count). The summed E-state index contributed by atoms with van der Waals surface area (Å²) in [6, 6.07) is 39.1. The van der Waals surface area contributed by atoms with Crippen LogP contribution in [-0.2, 0) is 0 Å². The van der Waals surface area contributed by atoms with Crippen LogP contribution >= 0.6 is 11.3 Å². The minimum atomic E-state index is 0.0732. The molecule has 0 radical (unpaired) electrons. The van der Waals surface area contributed by atoms with Gasteiger partial charge in [0.05, 0.1) is 23.1 Å². The Labute approximate surface area is 274 Å². The van der Waals surface area contributed by atoms with Gasteiger partial charge in [-0.3, -0.25) is 4.57 Å². The number of thiophene rings is 1. The molecule has 1 N–H and O–H groups in total. The lowest BCUT2D eigenvalue weighted by molar-refractivity contribution is 0.693. The zero-order chi connectivity index (χ0) is 30.9. The van der Waals surface area contributed by atoms with E-state index >= 15 is 0 Å². The molecule has 5 nitrogen and oxygen atoms in total. The van der Waals surface area contributed by atoms with Crippen molar-refractivity contribution in [2.24, 2.45) is 4.99 Å². The van der Waals surface area contributed by atoms with Gasteiger partial charge in [-0.2, -0.15) is 0 Å². The second kappa shape index (κ2) is 10.3. The van der Waals surface area contributed by atoms with E-state index in [1.54, 1.807) is 0 Å². The zero-order valence-corrected chi connectivity index (χ0v) is 26.0. The van der Waals surface area contributed by atoms with Crippen LogP contribution in [0.5, 0.6) is 0 Å². The van der Waals surface area contributed by atoms with Crippen molar-refractivity contribution in [3.63, 3.8) is 0 Å². The summed E-state index contributed by atoms with van der Waals surface area (Å²) in [5.41, 5.74) is 7.76. The summed E-state index contributed by atoms with van der Waals surface area (Å²) in [5, 5.41) is 8.71. The molecular weight excluding hydrogens is 595 g/mol. The first-order chi connectivity index (χ1) is 23.3. The van der Waals surface area contributed by atoms with Crippen LogP contribution in [0.15, 0.2) is 151 Å². The Kier molecular flexibility index (Phi) is 5.80. The van der Waals surface area contributed by atoms with Crippen LogP contribution < -0.4 is 5.32 Å². The molecule has 222 valence electrons. The fraction of sp³-hybridized carbons (Fsp3) is 0.0488. The van der Waals surface area contributed by atoms with Gasteiger partial charge >= 0.3 is 0 Å². The molecule has 0 amide bonds. The number of hydrogen-bond donors (Lipinski definition) is 1. The average molecular weight is 622 g/mol. The first-order valence-corrected chi connectivity index (χ1v) is 16.7. The fourth-order valence-electron chi connectivity index (χ4n) is 7.07. The van der Waals surface area contributed by atoms with Crippen LogP contribution in [0.2, 0.25) is 0 Å². The number of nitrogens with one attached hydrogen (secondary N) is 1. The van der Waals surface area contributed by atoms with E-state index in [-0.39, 0.29) is 12.1 Å². The molecule has 5 aromatic carbocycles. The molecular formula is C41H27N5S. The van der Waals surface area contributed by atoms with Crippen LogP contribution in [0.3, 0.4) is 0 Å². The highest BCUT2D eigenvalue weighted by atomic mass is 32.1. The largest absolute Gasteiger partial charge is 0.347 e. The van der Waals surface area contributed by atoms with Gasteiger partial charge in [-0.25, -0.2) is 15.0 Å². The summed E-state index contributed by atoms with van der Waals surface area (Å²) >= 11 is 1.87. The Morgan fingerprint density at radius 1 is 0.596 bits per heavy atom. The van der Waals surface area contributed by atoms with Crippen LogP contribution in [0, 0.1) is 0 Å². The molecule has 2 unspecified atom stereocenters. The van der Waals surface area contributed by atoms with Gasteiger partial charge in [0.15, 0.2) is 5.82 Å². The lowest BCUT2D eigenvalue weighted by Gasteiger charge is -2.14. The number of benzene rings is 5. The lowest BCUT2D eigenvalue weighted by Crippen LogP contribution is -2.35. The van der Waals surface area contributed by atoms with Crippen molar-refractivity contribution in [3.8, 4) is 33.6 Å². The van der Waals surface area contributed by atoms with Gasteiger partial charge < -0.3 is 5.32 Å². The second-order valence-corrected chi connectivity index (χ2v) is 13.2. The number of aromatic nitrogens is 3. The molecule has 8 aromatic rings. The second-order valence-electron chi connectivity index (χ2n) is 12.1. The third-order valence-electron chi connectivity index (χ3n) is 9.38. The summed E-state index contributed by atoms with van der Waals surface area (Å²) in [6.07, 6.45) is 12.4. The van der Waals surface area contributed by atoms with Crippen LogP contribution in [0.4, 0.5) is 0 Å². The maximum Gasteiger partial charge on any atom is 0.204 e. The Morgan fingerprint density at radius 2 is 1.30 bits per heavy atom. The standard InChI is InChI=1S/C41H27N5S/c1-3-9-25(10-4-1)27-15-17-30-31-19-20-35-38(39(31)47-37(30)22-27)32-18-16-28(40-42-23-29(24-43-40)26-11-5-2-6-12-26)21-36(32)46(35)41-44-33-13-7-8-14-34(33)45-41/h1-24,33-34H,(H,44,45). The van der Waals surface area contributed by atoms with Crippen LogP contribution in [0.1, 0.15) is 0 Å². The van der Waals surface area contributed by atoms with E-state index in [0.717, 1.165) is 33.7 Å². The lowest BCUT2D eigenvalue weighted by atomic mass is 10.0. The summed E-state index contributed by atoms with van der Waals surface area (Å²) in [4.78, 5) is 14.8. The average Bonchev–Trinajstić information content (AvgIpc) is 3.83. The SMILES string of the molecule is C1=CC2N=C(n3c4cc(-c5ncc(-c6ccccc6)cn5)ccc4c4c5sc6cc(-c7ccccc7)ccc6c5ccc43)NC2C=C1. The van der Waals surface area contributed by atoms with Gasteiger partial charge in [0.25, 0.3) is 0 Å². The molecule has 0 bridgehead atoms. The highest BCUT2D eigenvalue weighted by Gasteiger charge is 2.29. The molecule has 1 aliphatic heterocycles. The van der Waals surface area contributed by atoms with Crippen molar-refractivity contribution < 1.29 is 0 Å². The minimum Gasteiger partial charge on any atom is -0.347 e. The molecule has 6 heteroatoms. The van der Waals surface area contributed by atoms with E-state index < -0.39 is 0 Å². The molecule has 2 aliphatic rings. The Bertz CT molecular complexity index is 2590. The highest BCUT2D eigenvalue weighted by Crippen LogP contribution is 2.44. The molecule has 0 saturated carbocycles. The topological polar surface area (TPSA) is 55.1 Å². The quantitative estimate of drug-likeness (QED) is 0.214. The molecule has 0 fully saturated rings. The Hall–Kier alpha value is -5.85. The molecule has 0 saturated heterocycles. The predicted molar refractivity (Wildman–Crippen MR) is 196 cm³/mol. The van der Waals surface area contributed by atoms with Crippen LogP contribution in [0.25, 0.3) is 75.6 Å². The molecule has 3 aromatic heterocycles. The molecule has 1 aliphatic carbocycles. The van der Waals surface area contributed by atoms with E-state index in [9.17, 15) is 0 Å². The van der Waals surface area contributed by atoms with Gasteiger partial charge in [0.1, 0.15) is 0 Å². The van der Waals surface area contributed by atoms with Gasteiger partial charge in [-0.15, -0.1) is 11.3 Å². The fourth-order valence-corrected chi connectivity index (χ4v) is 8.37. The maximum atomic E-state index is 5.17. The van der Waals surface area contributed by atoms with E-state index in [4.69, 9.17) is 15.0 Å². The number of aliphatic imine (C=N–C) groups is 1. The third-order valence-corrected chi connectivity index (χ3v) is 10.6. The van der Waals surface area contributed by atoms with E-state index in [0.29, 0.717) is 5.82 Å². The molecule has 2 atom stereocenters. The number of rotatable bonds is 3. The summed E-state index contributed by atoms with van der Waals surface area (Å²) in [7, 11) is 0. The highest BCUT2D eigenvalue weighted by molar-refractivity contribution is 7.26.